The van der Waals surface area contributed by atoms with Crippen molar-refractivity contribution in [3.8, 4) is 0 Å². The molecule has 2 saturated heterocycles. The van der Waals surface area contributed by atoms with Gasteiger partial charge in [-0.05, 0) is 31.5 Å². The molecule has 2 aliphatic heterocycles. The van der Waals surface area contributed by atoms with E-state index in [0.717, 1.165) is 32.7 Å². The van der Waals surface area contributed by atoms with Crippen LogP contribution in [-0.2, 0) is 11.2 Å². The molecule has 3 rings (SSSR count). The number of hydrogen-bond donors (Lipinski definition) is 2. The highest BCUT2D eigenvalue weighted by Gasteiger charge is 2.42. The minimum atomic E-state index is 0.194. The zero-order valence-electron chi connectivity index (χ0n) is 10.8. The number of ether oxygens (including phenoxy) is 1. The second-order valence-electron chi connectivity index (χ2n) is 5.38. The molecule has 1 atom stereocenters. The van der Waals surface area contributed by atoms with Gasteiger partial charge in [0.1, 0.15) is 0 Å². The smallest absolute Gasteiger partial charge is 0.0798 e. The van der Waals surface area contributed by atoms with E-state index in [1.807, 2.05) is 0 Å². The van der Waals surface area contributed by atoms with Crippen molar-refractivity contribution in [3.63, 3.8) is 0 Å². The Labute approximate surface area is 109 Å². The summed E-state index contributed by atoms with van der Waals surface area (Å²) in [5, 5.41) is 7.18. The Bertz CT molecular complexity index is 365. The van der Waals surface area contributed by atoms with Crippen LogP contribution >= 0.6 is 0 Å². The van der Waals surface area contributed by atoms with Gasteiger partial charge in [-0.3, -0.25) is 0 Å². The van der Waals surface area contributed by atoms with Gasteiger partial charge in [0, 0.05) is 18.5 Å². The van der Waals surface area contributed by atoms with E-state index in [1.54, 1.807) is 0 Å². The van der Waals surface area contributed by atoms with Crippen molar-refractivity contribution in [3.05, 3.63) is 35.9 Å². The molecule has 0 amide bonds. The van der Waals surface area contributed by atoms with Crippen LogP contribution in [0.25, 0.3) is 0 Å². The van der Waals surface area contributed by atoms with E-state index in [0.29, 0.717) is 6.10 Å². The minimum absolute atomic E-state index is 0.194. The lowest BCUT2D eigenvalue weighted by molar-refractivity contribution is -0.0612. The molecule has 18 heavy (non-hydrogen) atoms. The SMILES string of the molecule is c1ccc(CC2OCCNC23CCNCC3)cc1. The summed E-state index contributed by atoms with van der Waals surface area (Å²) in [6, 6.07) is 10.7. The molecular weight excluding hydrogens is 224 g/mol. The lowest BCUT2D eigenvalue weighted by atomic mass is 9.79. The van der Waals surface area contributed by atoms with Crippen LogP contribution < -0.4 is 10.6 Å². The molecular formula is C15H22N2O. The summed E-state index contributed by atoms with van der Waals surface area (Å²) in [6.45, 7) is 4.03. The molecule has 2 aliphatic rings. The first-order valence-electron chi connectivity index (χ1n) is 7.00. The maximum Gasteiger partial charge on any atom is 0.0798 e. The Balaban J connectivity index is 1.75. The Morgan fingerprint density at radius 3 is 2.67 bits per heavy atom. The summed E-state index contributed by atoms with van der Waals surface area (Å²) in [7, 11) is 0. The van der Waals surface area contributed by atoms with E-state index >= 15 is 0 Å². The maximum absolute atomic E-state index is 6.08. The molecule has 0 radical (unpaired) electrons. The molecule has 98 valence electrons. The third-order valence-electron chi connectivity index (χ3n) is 4.27. The number of morpholine rings is 1. The van der Waals surface area contributed by atoms with Crippen molar-refractivity contribution in [2.24, 2.45) is 0 Å². The molecule has 2 fully saturated rings. The van der Waals surface area contributed by atoms with Crippen LogP contribution in [0.3, 0.4) is 0 Å². The normalized spacial score (nSPS) is 27.2. The standard InChI is InChI=1S/C15H22N2O/c1-2-4-13(5-3-1)12-14-15(17-10-11-18-14)6-8-16-9-7-15/h1-5,14,16-17H,6-12H2. The zero-order chi connectivity index (χ0) is 12.3. The molecule has 0 bridgehead atoms. The van der Waals surface area contributed by atoms with Gasteiger partial charge in [0.05, 0.1) is 12.7 Å². The van der Waals surface area contributed by atoms with Crippen LogP contribution in [0.2, 0.25) is 0 Å². The topological polar surface area (TPSA) is 33.3 Å². The van der Waals surface area contributed by atoms with E-state index in [9.17, 15) is 0 Å². The van der Waals surface area contributed by atoms with Crippen molar-refractivity contribution < 1.29 is 4.74 Å². The Kier molecular flexibility index (Phi) is 3.64. The van der Waals surface area contributed by atoms with E-state index in [4.69, 9.17) is 4.74 Å². The average Bonchev–Trinajstić information content (AvgIpc) is 2.44. The van der Waals surface area contributed by atoms with Crippen LogP contribution in [0.4, 0.5) is 0 Å². The number of benzene rings is 1. The molecule has 0 aliphatic carbocycles. The average molecular weight is 246 g/mol. The highest BCUT2D eigenvalue weighted by atomic mass is 16.5. The molecule has 1 aromatic rings. The van der Waals surface area contributed by atoms with Gasteiger partial charge in [0.2, 0.25) is 0 Å². The number of rotatable bonds is 2. The predicted molar refractivity (Wildman–Crippen MR) is 72.7 cm³/mol. The van der Waals surface area contributed by atoms with Crippen LogP contribution in [0.15, 0.2) is 30.3 Å². The van der Waals surface area contributed by atoms with Crippen molar-refractivity contribution in [2.75, 3.05) is 26.2 Å². The molecule has 0 saturated carbocycles. The highest BCUT2D eigenvalue weighted by Crippen LogP contribution is 2.29. The van der Waals surface area contributed by atoms with Crippen LogP contribution in [0.5, 0.6) is 0 Å². The van der Waals surface area contributed by atoms with E-state index < -0.39 is 0 Å². The Morgan fingerprint density at radius 1 is 1.11 bits per heavy atom. The fourth-order valence-corrected chi connectivity index (χ4v) is 3.23. The molecule has 3 nitrogen and oxygen atoms in total. The second kappa shape index (κ2) is 5.39. The van der Waals surface area contributed by atoms with Gasteiger partial charge >= 0.3 is 0 Å². The first kappa shape index (κ1) is 12.2. The lowest BCUT2D eigenvalue weighted by Crippen LogP contribution is -2.64. The van der Waals surface area contributed by atoms with Crippen LogP contribution in [0.1, 0.15) is 18.4 Å². The molecule has 1 spiro atoms. The van der Waals surface area contributed by atoms with Gasteiger partial charge in [-0.1, -0.05) is 30.3 Å². The number of piperidine rings is 1. The predicted octanol–water partition coefficient (Wildman–Crippen LogP) is 1.34. The quantitative estimate of drug-likeness (QED) is 0.826. The first-order chi connectivity index (χ1) is 8.89. The summed E-state index contributed by atoms with van der Waals surface area (Å²) in [5.41, 5.74) is 1.57. The van der Waals surface area contributed by atoms with E-state index in [1.165, 1.54) is 18.4 Å². The molecule has 1 aromatic carbocycles. The number of nitrogens with one attached hydrogen (secondary N) is 2. The first-order valence-corrected chi connectivity index (χ1v) is 7.00. The summed E-state index contributed by atoms with van der Waals surface area (Å²) in [4.78, 5) is 0. The lowest BCUT2D eigenvalue weighted by Gasteiger charge is -2.47. The van der Waals surface area contributed by atoms with Crippen molar-refractivity contribution in [2.45, 2.75) is 30.9 Å². The molecule has 2 N–H and O–H groups in total. The van der Waals surface area contributed by atoms with Crippen molar-refractivity contribution >= 4 is 0 Å². The summed E-state index contributed by atoms with van der Waals surface area (Å²) in [5.74, 6) is 0. The van der Waals surface area contributed by atoms with Crippen molar-refractivity contribution in [1.82, 2.24) is 10.6 Å². The fraction of sp³-hybridized carbons (Fsp3) is 0.600. The van der Waals surface area contributed by atoms with Gasteiger partial charge in [-0.15, -0.1) is 0 Å². The Hall–Kier alpha value is -0.900. The molecule has 3 heteroatoms. The monoisotopic (exact) mass is 246 g/mol. The largest absolute Gasteiger partial charge is 0.375 e. The van der Waals surface area contributed by atoms with Gasteiger partial charge in [-0.25, -0.2) is 0 Å². The third kappa shape index (κ3) is 2.44. The summed E-state index contributed by atoms with van der Waals surface area (Å²) >= 11 is 0. The van der Waals surface area contributed by atoms with Gasteiger partial charge in [0.15, 0.2) is 0 Å². The third-order valence-corrected chi connectivity index (χ3v) is 4.27. The summed E-state index contributed by atoms with van der Waals surface area (Å²) < 4.78 is 6.08. The van der Waals surface area contributed by atoms with E-state index in [2.05, 4.69) is 41.0 Å². The zero-order valence-corrected chi connectivity index (χ0v) is 10.8. The van der Waals surface area contributed by atoms with Crippen LogP contribution in [-0.4, -0.2) is 37.9 Å². The van der Waals surface area contributed by atoms with Gasteiger partial charge in [0.25, 0.3) is 0 Å². The van der Waals surface area contributed by atoms with E-state index in [-0.39, 0.29) is 5.54 Å². The fourth-order valence-electron chi connectivity index (χ4n) is 3.23. The Morgan fingerprint density at radius 2 is 1.89 bits per heavy atom. The molecule has 1 unspecified atom stereocenters. The van der Waals surface area contributed by atoms with Gasteiger partial charge in [-0.2, -0.15) is 0 Å². The molecule has 2 heterocycles. The molecule has 0 aromatic heterocycles. The van der Waals surface area contributed by atoms with Crippen LogP contribution in [0, 0.1) is 0 Å². The second-order valence-corrected chi connectivity index (χ2v) is 5.38. The van der Waals surface area contributed by atoms with Gasteiger partial charge < -0.3 is 15.4 Å². The number of hydrogen-bond acceptors (Lipinski definition) is 3. The summed E-state index contributed by atoms with van der Waals surface area (Å²) in [6.07, 6.45) is 3.68. The maximum atomic E-state index is 6.08. The minimum Gasteiger partial charge on any atom is -0.375 e. The van der Waals surface area contributed by atoms with Crippen molar-refractivity contribution in [1.29, 1.82) is 0 Å². The highest BCUT2D eigenvalue weighted by molar-refractivity contribution is 5.18.